The van der Waals surface area contributed by atoms with E-state index in [0.29, 0.717) is 0 Å². The number of aryl methyl sites for hydroxylation is 1. The van der Waals surface area contributed by atoms with Crippen molar-refractivity contribution >= 4 is 0 Å². The van der Waals surface area contributed by atoms with Crippen LogP contribution in [0.3, 0.4) is 0 Å². The Morgan fingerprint density at radius 1 is 1.14 bits per heavy atom. The maximum absolute atomic E-state index is 12.9. The number of fused-ring (bicyclic) bond motifs is 1. The predicted octanol–water partition coefficient (Wildman–Crippen LogP) is 3.88. The number of rotatable bonds is 3. The van der Waals surface area contributed by atoms with Crippen LogP contribution < -0.4 is 5.32 Å². The van der Waals surface area contributed by atoms with Crippen molar-refractivity contribution in [2.45, 2.75) is 31.6 Å². The summed E-state index contributed by atoms with van der Waals surface area (Å²) < 4.78 is 38.8. The first-order valence-electron chi connectivity index (χ1n) is 6.88. The van der Waals surface area contributed by atoms with Crippen LogP contribution in [0.5, 0.6) is 0 Å². The summed E-state index contributed by atoms with van der Waals surface area (Å²) in [6.07, 6.45) is -0.797. The maximum atomic E-state index is 12.9. The molecule has 1 aromatic heterocycles. The number of aromatic nitrogens is 1. The van der Waals surface area contributed by atoms with Gasteiger partial charge in [0.15, 0.2) is 0 Å². The van der Waals surface area contributed by atoms with Crippen LogP contribution in [0.2, 0.25) is 0 Å². The highest BCUT2D eigenvalue weighted by atomic mass is 19.4. The van der Waals surface area contributed by atoms with Gasteiger partial charge < -0.3 is 5.32 Å². The largest absolute Gasteiger partial charge is 0.416 e. The second kappa shape index (κ2) is 5.48. The van der Waals surface area contributed by atoms with Crippen molar-refractivity contribution in [3.8, 4) is 0 Å². The zero-order valence-electron chi connectivity index (χ0n) is 11.3. The number of alkyl halides is 3. The Balaban J connectivity index is 1.75. The van der Waals surface area contributed by atoms with Gasteiger partial charge >= 0.3 is 6.18 Å². The summed E-state index contributed by atoms with van der Waals surface area (Å²) in [6.45, 7) is 0.191. The molecule has 1 atom stereocenters. The maximum Gasteiger partial charge on any atom is 0.416 e. The number of nitrogens with zero attached hydrogens (tertiary/aromatic N) is 1. The molecule has 1 N–H and O–H groups in total. The fraction of sp³-hybridized carbons (Fsp3) is 0.312. The lowest BCUT2D eigenvalue weighted by atomic mass is 10.1. The van der Waals surface area contributed by atoms with Gasteiger partial charge in [0.25, 0.3) is 0 Å². The predicted molar refractivity (Wildman–Crippen MR) is 73.6 cm³/mol. The second-order valence-electron chi connectivity index (χ2n) is 5.17. The van der Waals surface area contributed by atoms with E-state index in [2.05, 4.69) is 10.3 Å². The molecular formula is C16H15F3N2. The molecule has 0 spiro atoms. The van der Waals surface area contributed by atoms with Crippen LogP contribution >= 0.6 is 0 Å². The lowest BCUT2D eigenvalue weighted by molar-refractivity contribution is -0.138. The fourth-order valence-corrected chi connectivity index (χ4v) is 2.80. The lowest BCUT2D eigenvalue weighted by Crippen LogP contribution is -2.21. The molecule has 0 saturated carbocycles. The van der Waals surface area contributed by atoms with Gasteiger partial charge in [-0.05, 0) is 36.1 Å². The van der Waals surface area contributed by atoms with E-state index < -0.39 is 11.7 Å². The van der Waals surface area contributed by atoms with E-state index in [1.807, 2.05) is 12.1 Å². The van der Waals surface area contributed by atoms with Gasteiger partial charge in [0, 0.05) is 12.7 Å². The van der Waals surface area contributed by atoms with Crippen LogP contribution in [-0.4, -0.2) is 4.98 Å². The summed E-state index contributed by atoms with van der Waals surface area (Å²) in [5, 5.41) is 3.20. The van der Waals surface area contributed by atoms with Crippen LogP contribution in [0.15, 0.2) is 42.6 Å². The molecule has 21 heavy (non-hydrogen) atoms. The Morgan fingerprint density at radius 3 is 2.76 bits per heavy atom. The SMILES string of the molecule is FC(F)(F)c1ccccc1CNC1CCc2cccnc21. The number of pyridine rings is 1. The molecule has 5 heteroatoms. The number of hydrogen-bond acceptors (Lipinski definition) is 2. The topological polar surface area (TPSA) is 24.9 Å². The molecule has 0 bridgehead atoms. The van der Waals surface area contributed by atoms with E-state index >= 15 is 0 Å². The van der Waals surface area contributed by atoms with Crippen LogP contribution in [0, 0.1) is 0 Å². The Hall–Kier alpha value is -1.88. The van der Waals surface area contributed by atoms with E-state index in [0.717, 1.165) is 24.6 Å². The van der Waals surface area contributed by atoms with Crippen molar-refractivity contribution in [3.05, 3.63) is 65.0 Å². The zero-order valence-corrected chi connectivity index (χ0v) is 11.3. The Labute approximate surface area is 121 Å². The highest BCUT2D eigenvalue weighted by Crippen LogP contribution is 2.33. The van der Waals surface area contributed by atoms with E-state index in [9.17, 15) is 13.2 Å². The normalized spacial score (nSPS) is 17.8. The quantitative estimate of drug-likeness (QED) is 0.928. The van der Waals surface area contributed by atoms with Crippen LogP contribution in [0.25, 0.3) is 0 Å². The average molecular weight is 292 g/mol. The standard InChI is InChI=1S/C16H15F3N2/c17-16(18,19)13-6-2-1-4-12(13)10-21-14-8-7-11-5-3-9-20-15(11)14/h1-6,9,14,21H,7-8,10H2. The van der Waals surface area contributed by atoms with Crippen molar-refractivity contribution in [1.29, 1.82) is 0 Å². The van der Waals surface area contributed by atoms with Crippen molar-refractivity contribution in [2.24, 2.45) is 0 Å². The first-order chi connectivity index (χ1) is 10.1. The minimum atomic E-state index is -4.32. The van der Waals surface area contributed by atoms with Gasteiger partial charge in [0.05, 0.1) is 17.3 Å². The smallest absolute Gasteiger partial charge is 0.304 e. The summed E-state index contributed by atoms with van der Waals surface area (Å²) in [6, 6.07) is 9.63. The van der Waals surface area contributed by atoms with Crippen molar-refractivity contribution in [1.82, 2.24) is 10.3 Å². The molecule has 0 aliphatic heterocycles. The van der Waals surface area contributed by atoms with E-state index in [4.69, 9.17) is 0 Å². The summed E-state index contributed by atoms with van der Waals surface area (Å²) in [5.41, 5.74) is 1.84. The van der Waals surface area contributed by atoms with Gasteiger partial charge in [0.2, 0.25) is 0 Å². The van der Waals surface area contributed by atoms with Gasteiger partial charge in [-0.2, -0.15) is 13.2 Å². The van der Waals surface area contributed by atoms with Crippen LogP contribution in [-0.2, 0) is 19.1 Å². The van der Waals surface area contributed by atoms with Crippen molar-refractivity contribution < 1.29 is 13.2 Å². The van der Waals surface area contributed by atoms with Gasteiger partial charge in [-0.3, -0.25) is 4.98 Å². The van der Waals surface area contributed by atoms with E-state index in [1.165, 1.54) is 17.7 Å². The van der Waals surface area contributed by atoms with Crippen LogP contribution in [0.1, 0.15) is 34.8 Å². The second-order valence-corrected chi connectivity index (χ2v) is 5.17. The Kier molecular flexibility index (Phi) is 3.68. The average Bonchev–Trinajstić information content (AvgIpc) is 2.88. The number of benzene rings is 1. The molecule has 2 nitrogen and oxygen atoms in total. The third-order valence-corrected chi connectivity index (χ3v) is 3.82. The van der Waals surface area contributed by atoms with Gasteiger partial charge in [-0.25, -0.2) is 0 Å². The fourth-order valence-electron chi connectivity index (χ4n) is 2.80. The Bertz CT molecular complexity index is 637. The molecule has 1 aliphatic carbocycles. The molecule has 0 saturated heterocycles. The molecule has 3 rings (SSSR count). The highest BCUT2D eigenvalue weighted by Gasteiger charge is 2.33. The van der Waals surface area contributed by atoms with Gasteiger partial charge in [0.1, 0.15) is 0 Å². The first kappa shape index (κ1) is 14.1. The minimum Gasteiger partial charge on any atom is -0.304 e. The molecule has 0 radical (unpaired) electrons. The highest BCUT2D eigenvalue weighted by molar-refractivity contribution is 5.31. The lowest BCUT2D eigenvalue weighted by Gasteiger charge is -2.16. The molecule has 1 unspecified atom stereocenters. The molecule has 1 heterocycles. The van der Waals surface area contributed by atoms with E-state index in [-0.39, 0.29) is 18.2 Å². The first-order valence-corrected chi connectivity index (χ1v) is 6.88. The summed E-state index contributed by atoms with van der Waals surface area (Å²) in [5.74, 6) is 0. The minimum absolute atomic E-state index is 0.0301. The van der Waals surface area contributed by atoms with Crippen LogP contribution in [0.4, 0.5) is 13.2 Å². The van der Waals surface area contributed by atoms with Gasteiger partial charge in [-0.15, -0.1) is 0 Å². The molecule has 0 amide bonds. The number of hydrogen-bond donors (Lipinski definition) is 1. The third-order valence-electron chi connectivity index (χ3n) is 3.82. The summed E-state index contributed by atoms with van der Waals surface area (Å²) in [4.78, 5) is 4.34. The molecular weight excluding hydrogens is 277 g/mol. The van der Waals surface area contributed by atoms with Crippen molar-refractivity contribution in [2.75, 3.05) is 0 Å². The molecule has 1 aromatic carbocycles. The van der Waals surface area contributed by atoms with Crippen molar-refractivity contribution in [3.63, 3.8) is 0 Å². The number of nitrogens with one attached hydrogen (secondary N) is 1. The summed E-state index contributed by atoms with van der Waals surface area (Å²) in [7, 11) is 0. The zero-order chi connectivity index (χ0) is 14.9. The molecule has 0 fully saturated rings. The third kappa shape index (κ3) is 2.93. The summed E-state index contributed by atoms with van der Waals surface area (Å²) >= 11 is 0. The molecule has 110 valence electrons. The molecule has 1 aliphatic rings. The molecule has 2 aromatic rings. The monoisotopic (exact) mass is 292 g/mol. The Morgan fingerprint density at radius 2 is 1.95 bits per heavy atom. The number of halogens is 3. The van der Waals surface area contributed by atoms with Gasteiger partial charge in [-0.1, -0.05) is 24.3 Å². The van der Waals surface area contributed by atoms with E-state index in [1.54, 1.807) is 12.3 Å².